The normalized spacial score (nSPS) is 10.3. The van der Waals surface area contributed by atoms with Gasteiger partial charge in [-0.2, -0.15) is 0 Å². The second-order valence-corrected chi connectivity index (χ2v) is 5.18. The molecule has 0 fully saturated rings. The van der Waals surface area contributed by atoms with Gasteiger partial charge in [-0.1, -0.05) is 30.3 Å². The van der Waals surface area contributed by atoms with Gasteiger partial charge in [0.15, 0.2) is 0 Å². The number of methoxy groups -OCH3 is 1. The van der Waals surface area contributed by atoms with E-state index >= 15 is 0 Å². The van der Waals surface area contributed by atoms with E-state index in [2.05, 4.69) is 12.1 Å². The Balaban J connectivity index is 1.71. The van der Waals surface area contributed by atoms with Gasteiger partial charge in [-0.15, -0.1) is 0 Å². The Kier molecular flexibility index (Phi) is 6.91. The van der Waals surface area contributed by atoms with Gasteiger partial charge in [0, 0.05) is 6.07 Å². The molecule has 2 aromatic carbocycles. The molecule has 2 aromatic rings. The summed E-state index contributed by atoms with van der Waals surface area (Å²) in [6.45, 7) is 1.56. The smallest absolute Gasteiger partial charge is 0.256 e. The molecule has 2 rings (SSSR count). The van der Waals surface area contributed by atoms with Crippen molar-refractivity contribution in [3.8, 4) is 11.5 Å². The Morgan fingerprint density at radius 2 is 1.83 bits per heavy atom. The first-order chi connectivity index (χ1) is 11.2. The van der Waals surface area contributed by atoms with Crippen molar-refractivity contribution in [3.05, 3.63) is 59.7 Å². The molecule has 4 nitrogen and oxygen atoms in total. The fraction of sp³-hybridized carbons (Fsp3) is 0.278. The van der Waals surface area contributed by atoms with E-state index in [0.717, 1.165) is 6.42 Å². The Morgan fingerprint density at radius 1 is 1.04 bits per heavy atom. The SMILES string of the molecule is COc1cc(OCCOCCc2ccccc2)ccc1C(=O)Cl. The van der Waals surface area contributed by atoms with Gasteiger partial charge < -0.3 is 14.2 Å². The highest BCUT2D eigenvalue weighted by atomic mass is 35.5. The molecule has 0 aliphatic heterocycles. The summed E-state index contributed by atoms with van der Waals surface area (Å²) in [4.78, 5) is 11.2. The van der Waals surface area contributed by atoms with Crippen molar-refractivity contribution in [1.29, 1.82) is 0 Å². The van der Waals surface area contributed by atoms with Crippen LogP contribution >= 0.6 is 11.6 Å². The fourth-order valence-corrected chi connectivity index (χ4v) is 2.24. The van der Waals surface area contributed by atoms with Gasteiger partial charge in [0.25, 0.3) is 5.24 Å². The minimum atomic E-state index is -0.558. The molecule has 0 N–H and O–H groups in total. The summed E-state index contributed by atoms with van der Waals surface area (Å²) in [5, 5.41) is -0.558. The van der Waals surface area contributed by atoms with Crippen LogP contribution < -0.4 is 9.47 Å². The van der Waals surface area contributed by atoms with Crippen molar-refractivity contribution in [2.45, 2.75) is 6.42 Å². The number of halogens is 1. The maximum Gasteiger partial charge on any atom is 0.256 e. The number of carbonyl (C=O) groups is 1. The molecule has 0 spiro atoms. The minimum absolute atomic E-state index is 0.320. The zero-order valence-corrected chi connectivity index (χ0v) is 13.7. The third-order valence-electron chi connectivity index (χ3n) is 3.26. The Labute approximate surface area is 140 Å². The summed E-state index contributed by atoms with van der Waals surface area (Å²) < 4.78 is 16.2. The third kappa shape index (κ3) is 5.58. The molecule has 0 atom stereocenters. The van der Waals surface area contributed by atoms with E-state index in [9.17, 15) is 4.79 Å². The molecule has 0 aliphatic carbocycles. The van der Waals surface area contributed by atoms with Crippen LogP contribution in [-0.2, 0) is 11.2 Å². The van der Waals surface area contributed by atoms with Gasteiger partial charge in [0.2, 0.25) is 0 Å². The van der Waals surface area contributed by atoms with Crippen LogP contribution in [0.1, 0.15) is 15.9 Å². The van der Waals surface area contributed by atoms with Crippen LogP contribution in [0.5, 0.6) is 11.5 Å². The van der Waals surface area contributed by atoms with Gasteiger partial charge in [0.05, 0.1) is 25.9 Å². The zero-order chi connectivity index (χ0) is 16.5. The quantitative estimate of drug-likeness (QED) is 0.518. The molecule has 0 heterocycles. The lowest BCUT2D eigenvalue weighted by atomic mass is 10.2. The van der Waals surface area contributed by atoms with E-state index in [4.69, 9.17) is 25.8 Å². The molecule has 0 bridgehead atoms. The lowest BCUT2D eigenvalue weighted by molar-refractivity contribution is 0.102. The predicted octanol–water partition coefficient (Wildman–Crippen LogP) is 3.71. The van der Waals surface area contributed by atoms with Crippen LogP contribution in [-0.4, -0.2) is 32.2 Å². The lowest BCUT2D eigenvalue weighted by Crippen LogP contribution is -2.09. The summed E-state index contributed by atoms with van der Waals surface area (Å²) in [6.07, 6.45) is 0.876. The van der Waals surface area contributed by atoms with Gasteiger partial charge in [-0.3, -0.25) is 4.79 Å². The second-order valence-electron chi connectivity index (χ2n) is 4.83. The van der Waals surface area contributed by atoms with Gasteiger partial charge >= 0.3 is 0 Å². The van der Waals surface area contributed by atoms with Crippen molar-refractivity contribution in [2.24, 2.45) is 0 Å². The number of carbonyl (C=O) groups excluding carboxylic acids is 1. The van der Waals surface area contributed by atoms with Crippen LogP contribution in [0.4, 0.5) is 0 Å². The van der Waals surface area contributed by atoms with Crippen molar-refractivity contribution in [3.63, 3.8) is 0 Å². The van der Waals surface area contributed by atoms with E-state index in [0.29, 0.717) is 36.9 Å². The highest BCUT2D eigenvalue weighted by Crippen LogP contribution is 2.25. The average Bonchev–Trinajstić information content (AvgIpc) is 2.58. The number of hydrogen-bond donors (Lipinski definition) is 0. The summed E-state index contributed by atoms with van der Waals surface area (Å²) in [7, 11) is 1.48. The van der Waals surface area contributed by atoms with Crippen molar-refractivity contribution < 1.29 is 19.0 Å². The van der Waals surface area contributed by atoms with Crippen LogP contribution in [0, 0.1) is 0 Å². The molecule has 0 unspecified atom stereocenters. The molecule has 0 saturated heterocycles. The predicted molar refractivity (Wildman–Crippen MR) is 89.6 cm³/mol. The highest BCUT2D eigenvalue weighted by molar-refractivity contribution is 6.68. The molecule has 0 radical (unpaired) electrons. The zero-order valence-electron chi connectivity index (χ0n) is 13.0. The highest BCUT2D eigenvalue weighted by Gasteiger charge is 2.10. The topological polar surface area (TPSA) is 44.8 Å². The van der Waals surface area contributed by atoms with Crippen LogP contribution in [0.15, 0.2) is 48.5 Å². The van der Waals surface area contributed by atoms with Gasteiger partial charge in [0.1, 0.15) is 18.1 Å². The Morgan fingerprint density at radius 3 is 2.52 bits per heavy atom. The molecule has 5 heteroatoms. The second kappa shape index (κ2) is 9.18. The van der Waals surface area contributed by atoms with Crippen LogP contribution in [0.2, 0.25) is 0 Å². The number of benzene rings is 2. The molecule has 0 aliphatic rings. The Hall–Kier alpha value is -2.04. The molecule has 0 saturated carbocycles. The summed E-state index contributed by atoms with van der Waals surface area (Å²) in [6, 6.07) is 15.1. The maximum atomic E-state index is 11.2. The monoisotopic (exact) mass is 334 g/mol. The fourth-order valence-electron chi connectivity index (χ4n) is 2.08. The number of hydrogen-bond acceptors (Lipinski definition) is 4. The van der Waals surface area contributed by atoms with Crippen molar-refractivity contribution >= 4 is 16.8 Å². The number of rotatable bonds is 9. The number of ether oxygens (including phenoxy) is 3. The van der Waals surface area contributed by atoms with Crippen LogP contribution in [0.25, 0.3) is 0 Å². The average molecular weight is 335 g/mol. The van der Waals surface area contributed by atoms with E-state index < -0.39 is 5.24 Å². The molecular weight excluding hydrogens is 316 g/mol. The molecule has 0 aromatic heterocycles. The first-order valence-electron chi connectivity index (χ1n) is 7.33. The molecule has 23 heavy (non-hydrogen) atoms. The summed E-state index contributed by atoms with van der Waals surface area (Å²) in [5.74, 6) is 1.00. The van der Waals surface area contributed by atoms with Crippen molar-refractivity contribution in [2.75, 3.05) is 26.9 Å². The van der Waals surface area contributed by atoms with Crippen LogP contribution in [0.3, 0.4) is 0 Å². The van der Waals surface area contributed by atoms with E-state index in [1.807, 2.05) is 18.2 Å². The first kappa shape index (κ1) is 17.3. The first-order valence-corrected chi connectivity index (χ1v) is 7.71. The maximum absolute atomic E-state index is 11.2. The minimum Gasteiger partial charge on any atom is -0.496 e. The lowest BCUT2D eigenvalue weighted by Gasteiger charge is -2.10. The standard InChI is InChI=1S/C18H19ClO4/c1-21-17-13-15(7-8-16(17)18(19)20)23-12-11-22-10-9-14-5-3-2-4-6-14/h2-8,13H,9-12H2,1H3. The summed E-state index contributed by atoms with van der Waals surface area (Å²) >= 11 is 5.47. The van der Waals surface area contributed by atoms with E-state index in [1.165, 1.54) is 12.7 Å². The van der Waals surface area contributed by atoms with Crippen molar-refractivity contribution in [1.82, 2.24) is 0 Å². The summed E-state index contributed by atoms with van der Waals surface area (Å²) in [5.41, 5.74) is 1.57. The third-order valence-corrected chi connectivity index (χ3v) is 3.46. The molecular formula is C18H19ClO4. The largest absolute Gasteiger partial charge is 0.496 e. The Bertz CT molecular complexity index is 628. The van der Waals surface area contributed by atoms with E-state index in [1.54, 1.807) is 18.2 Å². The van der Waals surface area contributed by atoms with E-state index in [-0.39, 0.29) is 0 Å². The molecule has 0 amide bonds. The molecule has 122 valence electrons. The van der Waals surface area contributed by atoms with Gasteiger partial charge in [-0.25, -0.2) is 0 Å². The van der Waals surface area contributed by atoms with Gasteiger partial charge in [-0.05, 0) is 35.7 Å².